The predicted octanol–water partition coefficient (Wildman–Crippen LogP) is 2.89. The fourth-order valence-electron chi connectivity index (χ4n) is 2.72. The summed E-state index contributed by atoms with van der Waals surface area (Å²) in [5.41, 5.74) is 0.923. The van der Waals surface area contributed by atoms with Crippen LogP contribution in [0.3, 0.4) is 0 Å². The molecule has 0 saturated carbocycles. The summed E-state index contributed by atoms with van der Waals surface area (Å²) in [4.78, 5) is 12.8. The van der Waals surface area contributed by atoms with Crippen LogP contribution in [0.4, 0.5) is 11.4 Å². The lowest BCUT2D eigenvalue weighted by Crippen LogP contribution is -2.46. The van der Waals surface area contributed by atoms with Gasteiger partial charge in [0.25, 0.3) is 0 Å². The van der Waals surface area contributed by atoms with Gasteiger partial charge in [0.2, 0.25) is 15.9 Å². The Morgan fingerprint density at radius 3 is 2.22 bits per heavy atom. The summed E-state index contributed by atoms with van der Waals surface area (Å²) in [5.74, 6) is 0.768. The Bertz CT molecular complexity index is 881. The average Bonchev–Trinajstić information content (AvgIpc) is 2.65. The van der Waals surface area contributed by atoms with E-state index in [2.05, 4.69) is 5.32 Å². The predicted molar refractivity (Wildman–Crippen MR) is 106 cm³/mol. The molecule has 0 aliphatic carbocycles. The summed E-state index contributed by atoms with van der Waals surface area (Å²) < 4.78 is 36.3. The van der Waals surface area contributed by atoms with Crippen LogP contribution in [-0.2, 0) is 14.8 Å². The van der Waals surface area contributed by atoms with Crippen molar-refractivity contribution in [3.63, 3.8) is 0 Å². The van der Waals surface area contributed by atoms with Crippen LogP contribution in [0.2, 0.25) is 0 Å². The van der Waals surface area contributed by atoms with Crippen LogP contribution >= 0.6 is 0 Å². The van der Waals surface area contributed by atoms with Crippen molar-refractivity contribution in [1.29, 1.82) is 0 Å². The van der Waals surface area contributed by atoms with Crippen molar-refractivity contribution in [2.75, 3.05) is 30.1 Å². The molecule has 1 atom stereocenters. The number of carbonyl (C=O) groups excluding carboxylic acids is 1. The van der Waals surface area contributed by atoms with Crippen molar-refractivity contribution >= 4 is 27.3 Å². The first-order chi connectivity index (χ1) is 12.8. The van der Waals surface area contributed by atoms with Crippen molar-refractivity contribution in [3.05, 3.63) is 48.5 Å². The molecule has 0 aliphatic heterocycles. The first-order valence-electron chi connectivity index (χ1n) is 8.38. The van der Waals surface area contributed by atoms with Gasteiger partial charge < -0.3 is 14.8 Å². The zero-order chi connectivity index (χ0) is 20.0. The van der Waals surface area contributed by atoms with E-state index in [1.807, 2.05) is 0 Å². The molecule has 1 N–H and O–H groups in total. The van der Waals surface area contributed by atoms with Crippen LogP contribution in [0, 0.1) is 0 Å². The van der Waals surface area contributed by atoms with E-state index in [0.29, 0.717) is 29.3 Å². The lowest BCUT2D eigenvalue weighted by atomic mass is 10.1. The van der Waals surface area contributed by atoms with Crippen LogP contribution in [0.5, 0.6) is 11.5 Å². The summed E-state index contributed by atoms with van der Waals surface area (Å²) in [6.07, 6.45) is 1.38. The van der Waals surface area contributed by atoms with Crippen molar-refractivity contribution in [1.82, 2.24) is 0 Å². The summed E-state index contributed by atoms with van der Waals surface area (Å²) >= 11 is 0. The molecule has 0 heterocycles. The number of sulfonamides is 1. The largest absolute Gasteiger partial charge is 0.497 e. The summed E-state index contributed by atoms with van der Waals surface area (Å²) in [5, 5.41) is 2.76. The molecule has 1 amide bonds. The molecule has 146 valence electrons. The van der Waals surface area contributed by atoms with Gasteiger partial charge in [-0.25, -0.2) is 8.42 Å². The van der Waals surface area contributed by atoms with Gasteiger partial charge in [-0.3, -0.25) is 9.10 Å². The highest BCUT2D eigenvalue weighted by Crippen LogP contribution is 2.26. The molecule has 0 unspecified atom stereocenters. The van der Waals surface area contributed by atoms with Gasteiger partial charge in [-0.1, -0.05) is 13.0 Å². The van der Waals surface area contributed by atoms with Gasteiger partial charge >= 0.3 is 0 Å². The third-order valence-corrected chi connectivity index (χ3v) is 5.17. The monoisotopic (exact) mass is 392 g/mol. The number of amides is 1. The molecule has 2 rings (SSSR count). The number of anilines is 2. The quantitative estimate of drug-likeness (QED) is 0.747. The standard InChI is InChI=1S/C19H24N2O5S/c1-5-18(19(22)20-14-7-6-8-17(13-14)26-3)21(27(4,23)24)15-9-11-16(25-2)12-10-15/h6-13,18H,5H2,1-4H3,(H,20,22)/t18-/m1/s1. The molecule has 0 saturated heterocycles. The summed E-state index contributed by atoms with van der Waals surface area (Å²) in [6.45, 7) is 1.76. The summed E-state index contributed by atoms with van der Waals surface area (Å²) in [6, 6.07) is 12.5. The van der Waals surface area contributed by atoms with Crippen LogP contribution in [0.1, 0.15) is 13.3 Å². The lowest BCUT2D eigenvalue weighted by Gasteiger charge is -2.30. The Kier molecular flexibility index (Phi) is 6.68. The van der Waals surface area contributed by atoms with E-state index in [4.69, 9.17) is 9.47 Å². The second-order valence-electron chi connectivity index (χ2n) is 5.90. The van der Waals surface area contributed by atoms with Crippen molar-refractivity contribution < 1.29 is 22.7 Å². The van der Waals surface area contributed by atoms with Gasteiger partial charge in [0.15, 0.2) is 0 Å². The van der Waals surface area contributed by atoms with Crippen molar-refractivity contribution in [2.24, 2.45) is 0 Å². The third kappa shape index (κ3) is 5.13. The van der Waals surface area contributed by atoms with E-state index in [-0.39, 0.29) is 0 Å². The minimum atomic E-state index is -3.69. The maximum atomic E-state index is 12.8. The maximum absolute atomic E-state index is 12.8. The number of nitrogens with one attached hydrogen (secondary N) is 1. The molecule has 0 bridgehead atoms. The van der Waals surface area contributed by atoms with E-state index in [9.17, 15) is 13.2 Å². The number of hydrogen-bond donors (Lipinski definition) is 1. The minimum absolute atomic E-state index is 0.300. The maximum Gasteiger partial charge on any atom is 0.248 e. The molecule has 8 heteroatoms. The van der Waals surface area contributed by atoms with Gasteiger partial charge in [-0.05, 0) is 42.8 Å². The number of carbonyl (C=O) groups is 1. The van der Waals surface area contributed by atoms with E-state index in [1.54, 1.807) is 55.5 Å². The second kappa shape index (κ2) is 8.77. The molecule has 0 aliphatic rings. The SMILES string of the molecule is CC[C@H](C(=O)Nc1cccc(OC)c1)N(c1ccc(OC)cc1)S(C)(=O)=O. The molecule has 2 aromatic carbocycles. The Morgan fingerprint density at radius 1 is 1.07 bits per heavy atom. The molecule has 0 spiro atoms. The van der Waals surface area contributed by atoms with Gasteiger partial charge in [0, 0.05) is 11.8 Å². The van der Waals surface area contributed by atoms with E-state index >= 15 is 0 Å². The van der Waals surface area contributed by atoms with Gasteiger partial charge in [-0.2, -0.15) is 0 Å². The number of rotatable bonds is 8. The zero-order valence-electron chi connectivity index (χ0n) is 15.8. The van der Waals surface area contributed by atoms with Gasteiger partial charge in [-0.15, -0.1) is 0 Å². The lowest BCUT2D eigenvalue weighted by molar-refractivity contribution is -0.117. The van der Waals surface area contributed by atoms with Crippen LogP contribution < -0.4 is 19.1 Å². The minimum Gasteiger partial charge on any atom is -0.497 e. The molecule has 7 nitrogen and oxygen atoms in total. The smallest absolute Gasteiger partial charge is 0.248 e. The highest BCUT2D eigenvalue weighted by Gasteiger charge is 2.31. The summed E-state index contributed by atoms with van der Waals surface area (Å²) in [7, 11) is -0.632. The first-order valence-corrected chi connectivity index (χ1v) is 10.2. The first kappa shape index (κ1) is 20.6. The van der Waals surface area contributed by atoms with Gasteiger partial charge in [0.1, 0.15) is 17.5 Å². The second-order valence-corrected chi connectivity index (χ2v) is 7.76. The highest BCUT2D eigenvalue weighted by atomic mass is 32.2. The van der Waals surface area contributed by atoms with Crippen molar-refractivity contribution in [2.45, 2.75) is 19.4 Å². The normalized spacial score (nSPS) is 12.1. The van der Waals surface area contributed by atoms with E-state index in [0.717, 1.165) is 10.6 Å². The Hall–Kier alpha value is -2.74. The van der Waals surface area contributed by atoms with E-state index < -0.39 is 22.0 Å². The fraction of sp³-hybridized carbons (Fsp3) is 0.316. The number of hydrogen-bond acceptors (Lipinski definition) is 5. The van der Waals surface area contributed by atoms with E-state index in [1.165, 1.54) is 14.2 Å². The number of methoxy groups -OCH3 is 2. The fourth-order valence-corrected chi connectivity index (χ4v) is 3.93. The highest BCUT2D eigenvalue weighted by molar-refractivity contribution is 7.92. The Morgan fingerprint density at radius 2 is 1.70 bits per heavy atom. The molecule has 0 aromatic heterocycles. The topological polar surface area (TPSA) is 84.9 Å². The number of nitrogens with zero attached hydrogens (tertiary/aromatic N) is 1. The molecular formula is C19H24N2O5S. The number of benzene rings is 2. The molecule has 0 fully saturated rings. The number of ether oxygens (including phenoxy) is 2. The average molecular weight is 392 g/mol. The Balaban J connectivity index is 2.34. The Labute approximate surface area is 160 Å². The molecule has 27 heavy (non-hydrogen) atoms. The van der Waals surface area contributed by atoms with Crippen molar-refractivity contribution in [3.8, 4) is 11.5 Å². The molecular weight excluding hydrogens is 368 g/mol. The third-order valence-electron chi connectivity index (χ3n) is 3.99. The molecule has 0 radical (unpaired) electrons. The van der Waals surface area contributed by atoms with Crippen LogP contribution in [-0.4, -0.2) is 40.8 Å². The van der Waals surface area contributed by atoms with Gasteiger partial charge in [0.05, 0.1) is 26.2 Å². The van der Waals surface area contributed by atoms with Crippen LogP contribution in [0.15, 0.2) is 48.5 Å². The van der Waals surface area contributed by atoms with Crippen LogP contribution in [0.25, 0.3) is 0 Å². The molecule has 2 aromatic rings. The zero-order valence-corrected chi connectivity index (χ0v) is 16.6.